The monoisotopic (exact) mass is 276 g/mol. The van der Waals surface area contributed by atoms with Crippen LogP contribution in [0.15, 0.2) is 30.3 Å². The van der Waals surface area contributed by atoms with Crippen molar-refractivity contribution in [3.63, 3.8) is 0 Å². The van der Waals surface area contributed by atoms with Gasteiger partial charge in [-0.3, -0.25) is 4.79 Å². The molecule has 1 N–H and O–H groups in total. The van der Waals surface area contributed by atoms with Gasteiger partial charge in [-0.2, -0.15) is 0 Å². The van der Waals surface area contributed by atoms with E-state index in [9.17, 15) is 9.90 Å². The number of hydrogen-bond donors (Lipinski definition) is 1. The predicted octanol–water partition coefficient (Wildman–Crippen LogP) is 2.82. The maximum atomic E-state index is 12.1. The Labute approximate surface area is 121 Å². The van der Waals surface area contributed by atoms with E-state index >= 15 is 0 Å². The van der Waals surface area contributed by atoms with Gasteiger partial charge in [0.2, 0.25) is 0 Å². The molecule has 1 aliphatic carbocycles. The van der Waals surface area contributed by atoms with Crippen LogP contribution < -0.4 is 0 Å². The second kappa shape index (κ2) is 5.96. The molecule has 1 aromatic rings. The van der Waals surface area contributed by atoms with E-state index in [4.69, 9.17) is 4.74 Å². The molecule has 0 heterocycles. The van der Waals surface area contributed by atoms with Crippen LogP contribution in [0.3, 0.4) is 0 Å². The molecule has 0 bridgehead atoms. The average Bonchev–Trinajstić information content (AvgIpc) is 3.09. The van der Waals surface area contributed by atoms with Crippen LogP contribution in [0.1, 0.15) is 32.8 Å². The molecule has 3 atom stereocenters. The van der Waals surface area contributed by atoms with E-state index in [0.29, 0.717) is 0 Å². The van der Waals surface area contributed by atoms with Crippen molar-refractivity contribution in [3.05, 3.63) is 35.9 Å². The first-order chi connectivity index (χ1) is 9.42. The minimum absolute atomic E-state index is 0.0728. The molecular formula is C17H24O3. The van der Waals surface area contributed by atoms with Crippen molar-refractivity contribution in [2.75, 3.05) is 6.61 Å². The molecule has 1 saturated carbocycles. The number of carbonyl (C=O) groups is 1. The van der Waals surface area contributed by atoms with Crippen molar-refractivity contribution in [1.29, 1.82) is 0 Å². The van der Waals surface area contributed by atoms with Gasteiger partial charge in [0.1, 0.15) is 5.60 Å². The molecule has 2 rings (SSSR count). The number of esters is 1. The van der Waals surface area contributed by atoms with Crippen molar-refractivity contribution in [2.45, 2.75) is 39.2 Å². The summed E-state index contributed by atoms with van der Waals surface area (Å²) in [5.74, 6) is 0.0566. The van der Waals surface area contributed by atoms with E-state index in [-0.39, 0.29) is 30.3 Å². The standard InChI is InChI=1S/C17H24O3/c1-17(2,3)20-16(19)15-13(14(15)11-18)10-9-12-7-5-4-6-8-12/h4-8,13-15,18H,9-11H2,1-3H3/t13-,14-,15+/m0/s1. The highest BCUT2D eigenvalue weighted by Gasteiger charge is 2.55. The summed E-state index contributed by atoms with van der Waals surface area (Å²) in [5, 5.41) is 9.38. The van der Waals surface area contributed by atoms with E-state index in [1.54, 1.807) is 0 Å². The lowest BCUT2D eigenvalue weighted by Gasteiger charge is -2.19. The van der Waals surface area contributed by atoms with E-state index in [1.807, 2.05) is 39.0 Å². The van der Waals surface area contributed by atoms with Gasteiger partial charge >= 0.3 is 5.97 Å². The van der Waals surface area contributed by atoms with Crippen LogP contribution in [0.5, 0.6) is 0 Å². The topological polar surface area (TPSA) is 46.5 Å². The van der Waals surface area contributed by atoms with Crippen molar-refractivity contribution in [3.8, 4) is 0 Å². The van der Waals surface area contributed by atoms with Crippen LogP contribution in [0, 0.1) is 17.8 Å². The molecular weight excluding hydrogens is 252 g/mol. The fourth-order valence-corrected chi connectivity index (χ4v) is 2.79. The summed E-state index contributed by atoms with van der Waals surface area (Å²) in [5.41, 5.74) is 0.822. The van der Waals surface area contributed by atoms with Crippen LogP contribution in [0.2, 0.25) is 0 Å². The Morgan fingerprint density at radius 2 is 1.85 bits per heavy atom. The molecule has 110 valence electrons. The maximum Gasteiger partial charge on any atom is 0.310 e. The number of aliphatic hydroxyl groups is 1. The highest BCUT2D eigenvalue weighted by atomic mass is 16.6. The second-order valence-electron chi connectivity index (χ2n) is 6.59. The third kappa shape index (κ3) is 3.83. The molecule has 0 radical (unpaired) electrons. The lowest BCUT2D eigenvalue weighted by molar-refractivity contribution is -0.157. The summed E-state index contributed by atoms with van der Waals surface area (Å²) in [4.78, 5) is 12.1. The molecule has 1 aliphatic rings. The molecule has 3 heteroatoms. The Kier molecular flexibility index (Phi) is 4.48. The SMILES string of the molecule is CC(C)(C)OC(=O)[C@H]1[C@@H](CO)[C@@H]1CCc1ccccc1. The largest absolute Gasteiger partial charge is 0.460 e. The van der Waals surface area contributed by atoms with E-state index < -0.39 is 5.60 Å². The summed E-state index contributed by atoms with van der Waals surface area (Å²) in [6.07, 6.45) is 1.88. The molecule has 20 heavy (non-hydrogen) atoms. The van der Waals surface area contributed by atoms with Crippen LogP contribution in [0.4, 0.5) is 0 Å². The third-order valence-corrected chi connectivity index (χ3v) is 3.83. The Balaban J connectivity index is 1.87. The Morgan fingerprint density at radius 1 is 1.20 bits per heavy atom. The van der Waals surface area contributed by atoms with Gasteiger partial charge in [-0.05, 0) is 51.0 Å². The van der Waals surface area contributed by atoms with Crippen LogP contribution >= 0.6 is 0 Å². The minimum Gasteiger partial charge on any atom is -0.460 e. The van der Waals surface area contributed by atoms with E-state index in [2.05, 4.69) is 12.1 Å². The lowest BCUT2D eigenvalue weighted by atomic mass is 10.1. The first kappa shape index (κ1) is 15.0. The number of carbonyl (C=O) groups excluding carboxylic acids is 1. The van der Waals surface area contributed by atoms with Crippen LogP contribution in [-0.2, 0) is 16.0 Å². The number of benzene rings is 1. The summed E-state index contributed by atoms with van der Waals surface area (Å²) >= 11 is 0. The highest BCUT2D eigenvalue weighted by Crippen LogP contribution is 2.50. The molecule has 1 aromatic carbocycles. The van der Waals surface area contributed by atoms with Gasteiger partial charge in [0, 0.05) is 6.61 Å². The molecule has 0 spiro atoms. The van der Waals surface area contributed by atoms with Crippen molar-refractivity contribution < 1.29 is 14.6 Å². The molecule has 1 fully saturated rings. The first-order valence-electron chi connectivity index (χ1n) is 7.30. The molecule has 0 aromatic heterocycles. The summed E-state index contributed by atoms with van der Waals surface area (Å²) in [6.45, 7) is 5.70. The average molecular weight is 276 g/mol. The molecule has 0 amide bonds. The zero-order valence-electron chi connectivity index (χ0n) is 12.5. The van der Waals surface area contributed by atoms with Crippen LogP contribution in [-0.4, -0.2) is 23.3 Å². The van der Waals surface area contributed by atoms with Gasteiger partial charge in [0.05, 0.1) is 5.92 Å². The molecule has 0 saturated heterocycles. The van der Waals surface area contributed by atoms with Crippen molar-refractivity contribution >= 4 is 5.97 Å². The smallest absolute Gasteiger partial charge is 0.310 e. The van der Waals surface area contributed by atoms with Crippen LogP contribution in [0.25, 0.3) is 0 Å². The third-order valence-electron chi connectivity index (χ3n) is 3.83. The summed E-state index contributed by atoms with van der Waals surface area (Å²) < 4.78 is 5.43. The Hall–Kier alpha value is -1.35. The van der Waals surface area contributed by atoms with E-state index in [0.717, 1.165) is 12.8 Å². The molecule has 0 aliphatic heterocycles. The van der Waals surface area contributed by atoms with Gasteiger partial charge < -0.3 is 9.84 Å². The zero-order chi connectivity index (χ0) is 14.8. The number of rotatable bonds is 5. The fourth-order valence-electron chi connectivity index (χ4n) is 2.79. The van der Waals surface area contributed by atoms with Crippen molar-refractivity contribution in [2.24, 2.45) is 17.8 Å². The maximum absolute atomic E-state index is 12.1. The normalized spacial score (nSPS) is 25.3. The first-order valence-corrected chi connectivity index (χ1v) is 7.30. The van der Waals surface area contributed by atoms with Gasteiger partial charge in [-0.15, -0.1) is 0 Å². The summed E-state index contributed by atoms with van der Waals surface area (Å²) in [6, 6.07) is 10.2. The zero-order valence-corrected chi connectivity index (χ0v) is 12.5. The van der Waals surface area contributed by atoms with Crippen molar-refractivity contribution in [1.82, 2.24) is 0 Å². The number of ether oxygens (including phenoxy) is 1. The van der Waals surface area contributed by atoms with Gasteiger partial charge in [0.25, 0.3) is 0 Å². The quantitative estimate of drug-likeness (QED) is 0.841. The second-order valence-corrected chi connectivity index (χ2v) is 6.59. The lowest BCUT2D eigenvalue weighted by Crippen LogP contribution is -2.25. The van der Waals surface area contributed by atoms with Gasteiger partial charge in [0.15, 0.2) is 0 Å². The highest BCUT2D eigenvalue weighted by molar-refractivity contribution is 5.77. The number of hydrogen-bond acceptors (Lipinski definition) is 3. The number of aliphatic hydroxyl groups excluding tert-OH is 1. The van der Waals surface area contributed by atoms with Gasteiger partial charge in [-0.1, -0.05) is 30.3 Å². The Bertz CT molecular complexity index is 447. The van der Waals surface area contributed by atoms with Gasteiger partial charge in [-0.25, -0.2) is 0 Å². The molecule has 0 unspecified atom stereocenters. The summed E-state index contributed by atoms with van der Waals surface area (Å²) in [7, 11) is 0. The predicted molar refractivity (Wildman–Crippen MR) is 78.2 cm³/mol. The molecule has 3 nitrogen and oxygen atoms in total. The fraction of sp³-hybridized carbons (Fsp3) is 0.588. The minimum atomic E-state index is -0.455. The Morgan fingerprint density at radius 3 is 2.40 bits per heavy atom. The number of aryl methyl sites for hydroxylation is 1. The van der Waals surface area contributed by atoms with E-state index in [1.165, 1.54) is 5.56 Å².